The molecule has 8 N–H and O–H groups in total. The highest BCUT2D eigenvalue weighted by atomic mass is 19.1. The number of rotatable bonds is 36. The average molecular weight is 1000 g/mol. The Morgan fingerprint density at radius 3 is 2.06 bits per heavy atom. The van der Waals surface area contributed by atoms with E-state index in [4.69, 9.17) is 14.2 Å². The number of nitrogens with zero attached hydrogens (tertiary/aromatic N) is 3. The zero-order chi connectivity index (χ0) is 51.2. The Balaban J connectivity index is 0.755. The number of aryl methyl sites for hydroxylation is 1. The second-order valence-corrected chi connectivity index (χ2v) is 18.2. The maximum absolute atomic E-state index is 14.5. The van der Waals surface area contributed by atoms with E-state index in [2.05, 4.69) is 57.4 Å². The maximum atomic E-state index is 14.5. The number of carbonyl (C=O) groups excluding carboxylic acids is 5. The van der Waals surface area contributed by atoms with Crippen molar-refractivity contribution in [1.29, 1.82) is 0 Å². The molecule has 3 atom stereocenters. The molecule has 5 rings (SSSR count). The largest absolute Gasteiger partial charge is 0.379 e. The summed E-state index contributed by atoms with van der Waals surface area (Å²) in [6.45, 7) is 7.82. The second-order valence-electron chi connectivity index (χ2n) is 18.2. The van der Waals surface area contributed by atoms with Crippen LogP contribution in [0.3, 0.4) is 0 Å². The molecule has 394 valence electrons. The summed E-state index contributed by atoms with van der Waals surface area (Å²) >= 11 is 0. The Morgan fingerprint density at radius 2 is 1.36 bits per heavy atom. The van der Waals surface area contributed by atoms with Gasteiger partial charge in [-0.15, -0.1) is 0 Å². The van der Waals surface area contributed by atoms with Gasteiger partial charge in [-0.25, -0.2) is 14.2 Å². The summed E-state index contributed by atoms with van der Waals surface area (Å²) in [5.41, 5.74) is 2.91. The van der Waals surface area contributed by atoms with Gasteiger partial charge in [0.2, 0.25) is 29.6 Å². The fraction of sp³-hybridized carbons (Fsp3) is 0.558. The summed E-state index contributed by atoms with van der Waals surface area (Å²) in [5.74, 6) is -0.229. The molecule has 2 fully saturated rings. The molecule has 0 radical (unpaired) electrons. The molecular formula is C52H76FN11O8. The van der Waals surface area contributed by atoms with Crippen molar-refractivity contribution in [3.05, 3.63) is 78.3 Å². The first-order chi connectivity index (χ1) is 35.0. The lowest BCUT2D eigenvalue weighted by Gasteiger charge is -2.17. The van der Waals surface area contributed by atoms with Crippen molar-refractivity contribution in [3.8, 4) is 0 Å². The first-order valence-electron chi connectivity index (χ1n) is 25.5. The van der Waals surface area contributed by atoms with Crippen LogP contribution in [0.2, 0.25) is 0 Å². The summed E-state index contributed by atoms with van der Waals surface area (Å²) in [6, 6.07) is 15.0. The van der Waals surface area contributed by atoms with Crippen molar-refractivity contribution in [3.63, 3.8) is 0 Å². The molecule has 19 nitrogen and oxygen atoms in total. The van der Waals surface area contributed by atoms with E-state index in [-0.39, 0.29) is 66.4 Å². The van der Waals surface area contributed by atoms with E-state index in [1.54, 1.807) is 30.3 Å². The molecule has 2 aromatic carbocycles. The van der Waals surface area contributed by atoms with E-state index >= 15 is 0 Å². The number of ether oxygens (including phenoxy) is 3. The first-order valence-corrected chi connectivity index (χ1v) is 25.5. The number of amides is 6. The van der Waals surface area contributed by atoms with Gasteiger partial charge in [-0.2, -0.15) is 4.98 Å². The summed E-state index contributed by atoms with van der Waals surface area (Å²) < 4.78 is 31.1. The average Bonchev–Trinajstić information content (AvgIpc) is 3.91. The standard InChI is InChI=1S/C52H76FN11O8/c1-38-13-7-15-40(35-38)59-50-43(53)37-57-51(63-50)60-42-17-8-16-41(36-42)58-48(68)21-10-28-64(2)27-6-5-24-54-46(66)19-9-20-47(67)56-26-12-30-71-32-34-72-33-31-70-29-11-25-55-45(65)18-4-3-14-39-22-23-44-49(39)62-52(69)61-44/h7-8,10,13,15-17,21,35-37,39,44,49H,3-6,9,11-12,14,18-20,22-34H2,1-2H3,(H,54,66)(H,55,65)(H,56,67)(H,58,68)(H2,61,62,69)(H2,57,59,60,63)/t39-,44+,49-/m1/s1. The van der Waals surface area contributed by atoms with Gasteiger partial charge in [0.25, 0.3) is 0 Å². The van der Waals surface area contributed by atoms with E-state index in [1.807, 2.05) is 38.2 Å². The Hall–Kier alpha value is -6.22. The quantitative estimate of drug-likeness (QED) is 0.0247. The van der Waals surface area contributed by atoms with Crippen molar-refractivity contribution in [2.45, 2.75) is 102 Å². The van der Waals surface area contributed by atoms with Gasteiger partial charge >= 0.3 is 6.03 Å². The van der Waals surface area contributed by atoms with Crippen LogP contribution in [0.5, 0.6) is 0 Å². The number of carbonyl (C=O) groups is 5. The Morgan fingerprint density at radius 1 is 0.736 bits per heavy atom. The van der Waals surface area contributed by atoms with Gasteiger partial charge in [-0.05, 0) is 120 Å². The van der Waals surface area contributed by atoms with Gasteiger partial charge in [0.1, 0.15) is 0 Å². The number of fused-ring (bicyclic) bond motifs is 1. The van der Waals surface area contributed by atoms with E-state index in [0.29, 0.717) is 108 Å². The molecule has 3 aromatic rings. The van der Waals surface area contributed by atoms with Gasteiger partial charge in [-0.3, -0.25) is 19.2 Å². The third-order valence-corrected chi connectivity index (χ3v) is 12.1. The van der Waals surface area contributed by atoms with Crippen LogP contribution in [0.4, 0.5) is 38.0 Å². The second kappa shape index (κ2) is 32.7. The number of unbranched alkanes of at least 4 members (excludes halogenated alkanes) is 2. The minimum atomic E-state index is -0.587. The monoisotopic (exact) mass is 1000 g/mol. The molecule has 6 amide bonds. The van der Waals surface area contributed by atoms with Crippen LogP contribution in [0.25, 0.3) is 0 Å². The number of nitrogens with one attached hydrogen (secondary N) is 8. The molecule has 1 saturated carbocycles. The molecule has 1 aromatic heterocycles. The molecule has 0 bridgehead atoms. The fourth-order valence-corrected chi connectivity index (χ4v) is 8.39. The molecule has 0 spiro atoms. The number of benzene rings is 2. The lowest BCUT2D eigenvalue weighted by Crippen LogP contribution is -2.33. The van der Waals surface area contributed by atoms with Crippen LogP contribution in [0, 0.1) is 18.7 Å². The predicted octanol–water partition coefficient (Wildman–Crippen LogP) is 5.99. The third-order valence-electron chi connectivity index (χ3n) is 12.1. The number of hydrogen-bond acceptors (Lipinski definition) is 13. The molecule has 2 aliphatic rings. The van der Waals surface area contributed by atoms with Gasteiger partial charge in [-0.1, -0.05) is 30.7 Å². The predicted molar refractivity (Wildman–Crippen MR) is 276 cm³/mol. The zero-order valence-electron chi connectivity index (χ0n) is 42.0. The minimum absolute atomic E-state index is 0.0372. The molecule has 2 heterocycles. The van der Waals surface area contributed by atoms with Gasteiger partial charge < -0.3 is 61.6 Å². The number of urea groups is 1. The first kappa shape index (κ1) is 56.7. The van der Waals surface area contributed by atoms with Crippen molar-refractivity contribution < 1.29 is 42.6 Å². The summed E-state index contributed by atoms with van der Waals surface area (Å²) in [6.07, 6.45) is 14.1. The number of aromatic nitrogens is 2. The molecule has 72 heavy (non-hydrogen) atoms. The molecule has 1 aliphatic carbocycles. The van der Waals surface area contributed by atoms with Crippen molar-refractivity contribution in [1.82, 2.24) is 41.5 Å². The van der Waals surface area contributed by atoms with Gasteiger partial charge in [0, 0.05) is 81.8 Å². The topological polar surface area (TPSA) is 238 Å². The van der Waals surface area contributed by atoms with Crippen LogP contribution in [0.1, 0.15) is 89.0 Å². The van der Waals surface area contributed by atoms with Crippen LogP contribution in [-0.4, -0.2) is 136 Å². The molecule has 1 aliphatic heterocycles. The Bertz CT molecular complexity index is 2180. The van der Waals surface area contributed by atoms with Crippen LogP contribution >= 0.6 is 0 Å². The number of hydrogen-bond donors (Lipinski definition) is 8. The fourth-order valence-electron chi connectivity index (χ4n) is 8.39. The summed E-state index contributed by atoms with van der Waals surface area (Å²) in [4.78, 5) is 71.1. The number of likely N-dealkylation sites (N-methyl/N-ethyl adjacent to an activating group) is 1. The lowest BCUT2D eigenvalue weighted by atomic mass is 9.96. The van der Waals surface area contributed by atoms with E-state index in [0.717, 1.165) is 69.7 Å². The molecular weight excluding hydrogens is 926 g/mol. The van der Waals surface area contributed by atoms with E-state index in [1.165, 1.54) is 6.08 Å². The summed E-state index contributed by atoms with van der Waals surface area (Å²) in [5, 5.41) is 23.6. The maximum Gasteiger partial charge on any atom is 0.315 e. The van der Waals surface area contributed by atoms with Gasteiger partial charge in [0.05, 0.1) is 44.7 Å². The molecule has 20 heteroatoms. The van der Waals surface area contributed by atoms with Crippen molar-refractivity contribution >= 4 is 58.5 Å². The van der Waals surface area contributed by atoms with E-state index in [9.17, 15) is 28.4 Å². The number of halogens is 1. The van der Waals surface area contributed by atoms with Crippen LogP contribution < -0.4 is 42.5 Å². The lowest BCUT2D eigenvalue weighted by molar-refractivity contribution is -0.123. The van der Waals surface area contributed by atoms with Crippen LogP contribution in [-0.2, 0) is 33.4 Å². The zero-order valence-corrected chi connectivity index (χ0v) is 42.0. The van der Waals surface area contributed by atoms with E-state index < -0.39 is 5.82 Å². The third kappa shape index (κ3) is 22.9. The Kier molecular flexibility index (Phi) is 25.7. The highest BCUT2D eigenvalue weighted by Crippen LogP contribution is 2.32. The normalized spacial score (nSPS) is 16.0. The van der Waals surface area contributed by atoms with Crippen molar-refractivity contribution in [2.24, 2.45) is 5.92 Å². The minimum Gasteiger partial charge on any atom is -0.379 e. The Labute approximate surface area is 423 Å². The molecule has 0 unspecified atom stereocenters. The van der Waals surface area contributed by atoms with Crippen LogP contribution in [0.15, 0.2) is 66.9 Å². The van der Waals surface area contributed by atoms with Gasteiger partial charge in [0.15, 0.2) is 11.6 Å². The highest BCUT2D eigenvalue weighted by Gasteiger charge is 2.41. The summed E-state index contributed by atoms with van der Waals surface area (Å²) in [7, 11) is 1.96. The number of anilines is 5. The molecule has 1 saturated heterocycles. The SMILES string of the molecule is Cc1cccc(Nc2nc(Nc3cccc(NC(=O)C=CCN(C)CCCCNC(=O)CCCC(=O)NCCCOCCOCCOCCCNC(=O)CCCC[C@@H]4CC[C@@H]5NC(=O)N[C@H]45)c3)ncc2F)c1. The van der Waals surface area contributed by atoms with Crippen molar-refractivity contribution in [2.75, 3.05) is 95.4 Å². The smallest absolute Gasteiger partial charge is 0.315 e. The highest BCUT2D eigenvalue weighted by molar-refractivity contribution is 5.99.